The van der Waals surface area contributed by atoms with Crippen LogP contribution in [-0.4, -0.2) is 53.4 Å². The SMILES string of the molecule is CNc1cncc(COc2cc(OCc3cccc(-c4cccc(-c5ccc(C6CCNC6)cc5)c4C)c3C)c(Cl)cc2CNC(C)(CO)C(=O)O)c1. The molecule has 0 amide bonds. The zero-order chi connectivity index (χ0) is 37.5. The number of carboxylic acid groups (broad SMARTS) is 1. The monoisotopic (exact) mass is 734 g/mol. The minimum atomic E-state index is -1.55. The van der Waals surface area contributed by atoms with Crippen molar-refractivity contribution in [3.63, 3.8) is 0 Å². The average molecular weight is 735 g/mol. The van der Waals surface area contributed by atoms with Gasteiger partial charge in [0.15, 0.2) is 0 Å². The van der Waals surface area contributed by atoms with Crippen molar-refractivity contribution in [2.75, 3.05) is 32.1 Å². The van der Waals surface area contributed by atoms with E-state index in [9.17, 15) is 15.0 Å². The maximum Gasteiger partial charge on any atom is 0.326 e. The molecule has 2 unspecified atom stereocenters. The normalized spacial score (nSPS) is 15.2. The molecule has 1 aliphatic heterocycles. The Labute approximate surface area is 316 Å². The van der Waals surface area contributed by atoms with Crippen molar-refractivity contribution in [2.45, 2.75) is 58.4 Å². The molecule has 5 aromatic rings. The summed E-state index contributed by atoms with van der Waals surface area (Å²) in [5.41, 5.74) is 10.2. The molecule has 4 aromatic carbocycles. The molecule has 10 heteroatoms. The van der Waals surface area contributed by atoms with Crippen LogP contribution in [0.5, 0.6) is 11.5 Å². The van der Waals surface area contributed by atoms with Gasteiger partial charge in [-0.25, -0.2) is 0 Å². The van der Waals surface area contributed by atoms with Crippen molar-refractivity contribution in [1.29, 1.82) is 0 Å². The van der Waals surface area contributed by atoms with Crippen molar-refractivity contribution < 1.29 is 24.5 Å². The van der Waals surface area contributed by atoms with Gasteiger partial charge in [-0.05, 0) is 96.3 Å². The molecule has 2 heterocycles. The number of hydrogen-bond donors (Lipinski definition) is 5. The van der Waals surface area contributed by atoms with Gasteiger partial charge in [0.1, 0.15) is 30.3 Å². The number of pyridine rings is 1. The van der Waals surface area contributed by atoms with E-state index < -0.39 is 18.1 Å². The van der Waals surface area contributed by atoms with Crippen molar-refractivity contribution in [3.8, 4) is 33.8 Å². The van der Waals surface area contributed by atoms with E-state index in [1.807, 2.05) is 13.1 Å². The lowest BCUT2D eigenvalue weighted by Crippen LogP contribution is -2.52. The third-order valence-corrected chi connectivity index (χ3v) is 10.6. The number of benzene rings is 4. The predicted molar refractivity (Wildman–Crippen MR) is 211 cm³/mol. The van der Waals surface area contributed by atoms with Crippen LogP contribution in [0.25, 0.3) is 22.3 Å². The Morgan fingerprint density at radius 3 is 2.34 bits per heavy atom. The molecule has 0 aliphatic carbocycles. The van der Waals surface area contributed by atoms with Crippen LogP contribution in [0, 0.1) is 13.8 Å². The van der Waals surface area contributed by atoms with E-state index in [0.717, 1.165) is 41.0 Å². The van der Waals surface area contributed by atoms with Gasteiger partial charge in [0.05, 0.1) is 17.3 Å². The minimum Gasteiger partial charge on any atom is -0.488 e. The first-order valence-electron chi connectivity index (χ1n) is 17.9. The highest BCUT2D eigenvalue weighted by atomic mass is 35.5. The fourth-order valence-electron chi connectivity index (χ4n) is 6.71. The number of anilines is 1. The molecule has 1 fully saturated rings. The molecular weight excluding hydrogens is 688 g/mol. The van der Waals surface area contributed by atoms with Gasteiger partial charge in [-0.1, -0.05) is 72.3 Å². The largest absolute Gasteiger partial charge is 0.488 e. The van der Waals surface area contributed by atoms with Crippen LogP contribution < -0.4 is 25.4 Å². The summed E-state index contributed by atoms with van der Waals surface area (Å²) in [6.45, 7) is 7.80. The summed E-state index contributed by atoms with van der Waals surface area (Å²) >= 11 is 6.79. The number of aliphatic carboxylic acids is 1. The van der Waals surface area contributed by atoms with Gasteiger partial charge >= 0.3 is 5.97 Å². The van der Waals surface area contributed by atoms with Gasteiger partial charge in [-0.3, -0.25) is 15.1 Å². The molecule has 2 atom stereocenters. The fourth-order valence-corrected chi connectivity index (χ4v) is 6.95. The summed E-state index contributed by atoms with van der Waals surface area (Å²) in [4.78, 5) is 16.1. The smallest absolute Gasteiger partial charge is 0.326 e. The van der Waals surface area contributed by atoms with Crippen LogP contribution in [0.2, 0.25) is 5.02 Å². The molecular formula is C43H47ClN4O5. The Morgan fingerprint density at radius 2 is 1.64 bits per heavy atom. The zero-order valence-electron chi connectivity index (χ0n) is 30.6. The molecule has 53 heavy (non-hydrogen) atoms. The van der Waals surface area contributed by atoms with E-state index in [1.54, 1.807) is 24.5 Å². The van der Waals surface area contributed by atoms with E-state index >= 15 is 0 Å². The number of halogens is 1. The number of carbonyl (C=O) groups is 1. The highest BCUT2D eigenvalue weighted by Gasteiger charge is 2.32. The van der Waals surface area contributed by atoms with Crippen LogP contribution in [-0.2, 0) is 24.6 Å². The van der Waals surface area contributed by atoms with Crippen molar-refractivity contribution in [2.24, 2.45) is 0 Å². The van der Waals surface area contributed by atoms with Gasteiger partial charge < -0.3 is 30.3 Å². The summed E-state index contributed by atoms with van der Waals surface area (Å²) in [5, 5.41) is 29.3. The van der Waals surface area contributed by atoms with Gasteiger partial charge in [-0.2, -0.15) is 0 Å². The lowest BCUT2D eigenvalue weighted by atomic mass is 9.89. The molecule has 276 valence electrons. The zero-order valence-corrected chi connectivity index (χ0v) is 31.4. The Balaban J connectivity index is 1.24. The Morgan fingerprint density at radius 1 is 0.925 bits per heavy atom. The quantitative estimate of drug-likeness (QED) is 0.0731. The summed E-state index contributed by atoms with van der Waals surface area (Å²) < 4.78 is 12.6. The highest BCUT2D eigenvalue weighted by Crippen LogP contribution is 2.37. The van der Waals surface area contributed by atoms with E-state index in [1.165, 1.54) is 41.2 Å². The lowest BCUT2D eigenvalue weighted by Gasteiger charge is -2.25. The average Bonchev–Trinajstić information content (AvgIpc) is 3.72. The number of aliphatic hydroxyl groups excluding tert-OH is 1. The van der Waals surface area contributed by atoms with Gasteiger partial charge in [-0.15, -0.1) is 0 Å². The first kappa shape index (κ1) is 37.8. The van der Waals surface area contributed by atoms with E-state index in [2.05, 4.69) is 95.4 Å². The molecule has 9 nitrogen and oxygen atoms in total. The standard InChI is InChI=1S/C43H47ClN4O5/c1-27-33(7-5-9-37(27)38-10-6-8-36(28(38)2)31-13-11-30(12-14-31)32-15-16-46-21-32)25-53-41-19-40(52-24-29-17-35(45-4)23-47-20-29)34(18-39(41)44)22-48-43(3,26-49)42(50)51/h5-14,17-20,23,32,45-46,48-49H,15-16,21-22,24-26H2,1-4H3,(H,50,51). The van der Waals surface area contributed by atoms with Gasteiger partial charge in [0.25, 0.3) is 0 Å². The van der Waals surface area contributed by atoms with Crippen molar-refractivity contribution in [1.82, 2.24) is 15.6 Å². The second-order valence-electron chi connectivity index (χ2n) is 13.8. The number of nitrogens with one attached hydrogen (secondary N) is 3. The Bertz CT molecular complexity index is 2070. The topological polar surface area (TPSA) is 125 Å². The Hall–Kier alpha value is -4.93. The van der Waals surface area contributed by atoms with Crippen LogP contribution in [0.3, 0.4) is 0 Å². The first-order valence-corrected chi connectivity index (χ1v) is 18.3. The Kier molecular flexibility index (Phi) is 12.0. The number of carboxylic acids is 1. The third kappa shape index (κ3) is 8.66. The molecule has 0 bridgehead atoms. The third-order valence-electron chi connectivity index (χ3n) is 10.3. The highest BCUT2D eigenvalue weighted by molar-refractivity contribution is 6.32. The number of rotatable bonds is 15. The van der Waals surface area contributed by atoms with Gasteiger partial charge in [0.2, 0.25) is 0 Å². The van der Waals surface area contributed by atoms with Crippen LogP contribution >= 0.6 is 11.6 Å². The number of aliphatic hydroxyl groups is 1. The number of aromatic nitrogens is 1. The summed E-state index contributed by atoms with van der Waals surface area (Å²) in [6, 6.07) is 27.1. The molecule has 1 saturated heterocycles. The van der Waals surface area contributed by atoms with Crippen LogP contribution in [0.4, 0.5) is 5.69 Å². The molecule has 1 aromatic heterocycles. The number of ether oxygens (including phenoxy) is 2. The minimum absolute atomic E-state index is 0.0786. The van der Waals surface area contributed by atoms with Crippen molar-refractivity contribution in [3.05, 3.63) is 130 Å². The van der Waals surface area contributed by atoms with Gasteiger partial charge in [0, 0.05) is 49.7 Å². The number of hydrogen-bond acceptors (Lipinski definition) is 8. The predicted octanol–water partition coefficient (Wildman–Crippen LogP) is 7.89. The maximum absolute atomic E-state index is 11.9. The summed E-state index contributed by atoms with van der Waals surface area (Å²) in [7, 11) is 1.82. The van der Waals surface area contributed by atoms with Crippen molar-refractivity contribution >= 4 is 23.3 Å². The molecule has 6 rings (SSSR count). The van der Waals surface area contributed by atoms with E-state index in [4.69, 9.17) is 21.1 Å². The van der Waals surface area contributed by atoms with E-state index in [-0.39, 0.29) is 19.8 Å². The first-order chi connectivity index (χ1) is 25.6. The molecule has 0 radical (unpaired) electrons. The maximum atomic E-state index is 11.9. The van der Waals surface area contributed by atoms with Crippen LogP contribution in [0.1, 0.15) is 52.6 Å². The summed E-state index contributed by atoms with van der Waals surface area (Å²) in [6.07, 6.45) is 4.62. The molecule has 5 N–H and O–H groups in total. The second-order valence-corrected chi connectivity index (χ2v) is 14.2. The molecule has 0 spiro atoms. The summed E-state index contributed by atoms with van der Waals surface area (Å²) in [5.74, 6) is 0.298. The van der Waals surface area contributed by atoms with E-state index in [0.29, 0.717) is 28.0 Å². The lowest BCUT2D eigenvalue weighted by molar-refractivity contribution is -0.145. The molecule has 1 aliphatic rings. The number of nitrogens with zero attached hydrogens (tertiary/aromatic N) is 1. The fraction of sp³-hybridized carbons (Fsp3) is 0.302. The second kappa shape index (κ2) is 16.8. The molecule has 0 saturated carbocycles. The van der Waals surface area contributed by atoms with Crippen LogP contribution in [0.15, 0.2) is 91.3 Å².